The van der Waals surface area contributed by atoms with Crippen molar-refractivity contribution in [1.82, 2.24) is 0 Å². The first-order valence-electron chi connectivity index (χ1n) is 5.68. The summed E-state index contributed by atoms with van der Waals surface area (Å²) in [7, 11) is -1.71. The summed E-state index contributed by atoms with van der Waals surface area (Å²) < 4.78 is 33.8. The number of hydrogen-bond donors (Lipinski definition) is 1. The Labute approximate surface area is 108 Å². The molecule has 0 heterocycles. The second-order valence-corrected chi connectivity index (χ2v) is 5.88. The van der Waals surface area contributed by atoms with Crippen LogP contribution in [-0.2, 0) is 25.9 Å². The molecule has 1 aromatic carbocycles. The maximum Gasteiger partial charge on any atom is 0.180 e. The van der Waals surface area contributed by atoms with Crippen molar-refractivity contribution in [3.8, 4) is 0 Å². The van der Waals surface area contributed by atoms with Crippen molar-refractivity contribution < 1.29 is 17.9 Å². The fourth-order valence-corrected chi connectivity index (χ4v) is 2.49. The molecule has 0 amide bonds. The van der Waals surface area contributed by atoms with E-state index in [1.165, 1.54) is 0 Å². The first kappa shape index (κ1) is 15.1. The predicted octanol–water partition coefficient (Wildman–Crippen LogP) is 0.582. The lowest BCUT2D eigenvalue weighted by atomic mass is 10.2. The number of ether oxygens (including phenoxy) is 2. The SMILES string of the molecule is COCCOCCS(=O)(=O)c1ccc(CN)cc1. The van der Waals surface area contributed by atoms with Crippen molar-refractivity contribution in [1.29, 1.82) is 0 Å². The molecule has 6 heteroatoms. The minimum absolute atomic E-state index is 0.0291. The van der Waals surface area contributed by atoms with E-state index in [0.29, 0.717) is 24.7 Å². The van der Waals surface area contributed by atoms with E-state index in [0.717, 1.165) is 5.56 Å². The van der Waals surface area contributed by atoms with Gasteiger partial charge < -0.3 is 15.2 Å². The zero-order valence-corrected chi connectivity index (χ0v) is 11.3. The van der Waals surface area contributed by atoms with Gasteiger partial charge in [-0.2, -0.15) is 0 Å². The Morgan fingerprint density at radius 3 is 2.33 bits per heavy atom. The number of rotatable bonds is 8. The lowest BCUT2D eigenvalue weighted by Gasteiger charge is -2.06. The highest BCUT2D eigenvalue weighted by atomic mass is 32.2. The molecule has 1 aromatic rings. The summed E-state index contributed by atoms with van der Waals surface area (Å²) in [5, 5.41) is 0. The highest BCUT2D eigenvalue weighted by Gasteiger charge is 2.13. The highest BCUT2D eigenvalue weighted by Crippen LogP contribution is 2.12. The van der Waals surface area contributed by atoms with Gasteiger partial charge in [-0.1, -0.05) is 12.1 Å². The molecule has 0 saturated carbocycles. The monoisotopic (exact) mass is 273 g/mol. The van der Waals surface area contributed by atoms with Gasteiger partial charge in [0.2, 0.25) is 0 Å². The molecular formula is C12H19NO4S. The third-order valence-corrected chi connectivity index (χ3v) is 4.14. The molecule has 18 heavy (non-hydrogen) atoms. The third kappa shape index (κ3) is 4.73. The van der Waals surface area contributed by atoms with Crippen molar-refractivity contribution in [2.24, 2.45) is 5.73 Å². The number of nitrogens with two attached hydrogens (primary N) is 1. The van der Waals surface area contributed by atoms with E-state index >= 15 is 0 Å². The zero-order chi connectivity index (χ0) is 13.4. The summed E-state index contributed by atoms with van der Waals surface area (Å²) in [5.74, 6) is -0.0291. The van der Waals surface area contributed by atoms with Gasteiger partial charge >= 0.3 is 0 Å². The topological polar surface area (TPSA) is 78.6 Å². The molecule has 0 fully saturated rings. The van der Waals surface area contributed by atoms with Crippen molar-refractivity contribution in [2.75, 3.05) is 32.7 Å². The number of sulfone groups is 1. The van der Waals surface area contributed by atoms with Crippen LogP contribution in [0.15, 0.2) is 29.2 Å². The van der Waals surface area contributed by atoms with E-state index in [1.807, 2.05) is 0 Å². The molecule has 0 aliphatic rings. The van der Waals surface area contributed by atoms with Crippen LogP contribution < -0.4 is 5.73 Å². The first-order chi connectivity index (χ1) is 8.60. The van der Waals surface area contributed by atoms with E-state index in [1.54, 1.807) is 31.4 Å². The van der Waals surface area contributed by atoms with Crippen LogP contribution in [0.4, 0.5) is 0 Å². The fourth-order valence-electron chi connectivity index (χ4n) is 1.36. The quantitative estimate of drug-likeness (QED) is 0.701. The molecule has 0 saturated heterocycles. The second-order valence-electron chi connectivity index (χ2n) is 3.77. The Kier molecular flexibility index (Phi) is 6.28. The van der Waals surface area contributed by atoms with Crippen LogP contribution in [0.5, 0.6) is 0 Å². The Balaban J connectivity index is 2.51. The van der Waals surface area contributed by atoms with E-state index in [4.69, 9.17) is 15.2 Å². The number of methoxy groups -OCH3 is 1. The summed E-state index contributed by atoms with van der Waals surface area (Å²) in [6.45, 7) is 1.44. The van der Waals surface area contributed by atoms with E-state index in [-0.39, 0.29) is 12.4 Å². The van der Waals surface area contributed by atoms with Crippen LogP contribution in [0.1, 0.15) is 5.56 Å². The molecule has 102 valence electrons. The minimum atomic E-state index is -3.28. The molecule has 5 nitrogen and oxygen atoms in total. The van der Waals surface area contributed by atoms with Crippen LogP contribution >= 0.6 is 0 Å². The van der Waals surface area contributed by atoms with Crippen LogP contribution in [0.3, 0.4) is 0 Å². The maximum atomic E-state index is 11.9. The summed E-state index contributed by atoms with van der Waals surface area (Å²) >= 11 is 0. The van der Waals surface area contributed by atoms with Gasteiger partial charge in [-0.3, -0.25) is 0 Å². The summed E-state index contributed by atoms with van der Waals surface area (Å²) in [4.78, 5) is 0.301. The highest BCUT2D eigenvalue weighted by molar-refractivity contribution is 7.91. The van der Waals surface area contributed by atoms with Crippen LogP contribution in [0.25, 0.3) is 0 Å². The fraction of sp³-hybridized carbons (Fsp3) is 0.500. The van der Waals surface area contributed by atoms with Crippen LogP contribution in [-0.4, -0.2) is 41.1 Å². The Morgan fingerprint density at radius 1 is 1.11 bits per heavy atom. The van der Waals surface area contributed by atoms with Crippen molar-refractivity contribution in [3.05, 3.63) is 29.8 Å². The first-order valence-corrected chi connectivity index (χ1v) is 7.34. The molecule has 1 rings (SSSR count). The van der Waals surface area contributed by atoms with Crippen molar-refractivity contribution in [2.45, 2.75) is 11.4 Å². The zero-order valence-electron chi connectivity index (χ0n) is 10.5. The van der Waals surface area contributed by atoms with Gasteiger partial charge in [0.25, 0.3) is 0 Å². The summed E-state index contributed by atoms with van der Waals surface area (Å²) in [5.41, 5.74) is 6.36. The number of benzene rings is 1. The Morgan fingerprint density at radius 2 is 1.78 bits per heavy atom. The standard InChI is InChI=1S/C12H19NO4S/c1-16-6-7-17-8-9-18(14,15)12-4-2-11(10-13)3-5-12/h2-5H,6-10,13H2,1H3. The maximum absolute atomic E-state index is 11.9. The minimum Gasteiger partial charge on any atom is -0.382 e. The van der Waals surface area contributed by atoms with Gasteiger partial charge in [0.1, 0.15) is 0 Å². The molecule has 2 N–H and O–H groups in total. The largest absolute Gasteiger partial charge is 0.382 e. The molecule has 0 bridgehead atoms. The van der Waals surface area contributed by atoms with Gasteiger partial charge in [-0.15, -0.1) is 0 Å². The van der Waals surface area contributed by atoms with E-state index < -0.39 is 9.84 Å². The normalized spacial score (nSPS) is 11.7. The van der Waals surface area contributed by atoms with Gasteiger partial charge in [-0.25, -0.2) is 8.42 Å². The molecule has 0 atom stereocenters. The average molecular weight is 273 g/mol. The van der Waals surface area contributed by atoms with Crippen molar-refractivity contribution in [3.63, 3.8) is 0 Å². The molecule has 0 spiro atoms. The lowest BCUT2D eigenvalue weighted by molar-refractivity contribution is 0.0785. The Bertz CT molecular complexity index is 442. The smallest absolute Gasteiger partial charge is 0.180 e. The van der Waals surface area contributed by atoms with Gasteiger partial charge in [0.05, 0.1) is 30.5 Å². The summed E-state index contributed by atoms with van der Waals surface area (Å²) in [6, 6.07) is 6.59. The number of hydrogen-bond acceptors (Lipinski definition) is 5. The van der Waals surface area contributed by atoms with Gasteiger partial charge in [-0.05, 0) is 17.7 Å². The molecular weight excluding hydrogens is 254 g/mol. The Hall–Kier alpha value is -0.950. The summed E-state index contributed by atoms with van der Waals surface area (Å²) in [6.07, 6.45) is 0. The molecule has 0 aliphatic heterocycles. The van der Waals surface area contributed by atoms with Gasteiger partial charge in [0, 0.05) is 13.7 Å². The van der Waals surface area contributed by atoms with Crippen LogP contribution in [0.2, 0.25) is 0 Å². The van der Waals surface area contributed by atoms with E-state index in [9.17, 15) is 8.42 Å². The molecule has 0 aliphatic carbocycles. The van der Waals surface area contributed by atoms with Gasteiger partial charge in [0.15, 0.2) is 9.84 Å². The van der Waals surface area contributed by atoms with Crippen LogP contribution in [0, 0.1) is 0 Å². The molecule has 0 radical (unpaired) electrons. The predicted molar refractivity (Wildman–Crippen MR) is 69.1 cm³/mol. The third-order valence-electron chi connectivity index (χ3n) is 2.45. The van der Waals surface area contributed by atoms with E-state index in [2.05, 4.69) is 0 Å². The lowest BCUT2D eigenvalue weighted by Crippen LogP contribution is -2.14. The second kappa shape index (κ2) is 7.48. The van der Waals surface area contributed by atoms with Crippen molar-refractivity contribution >= 4 is 9.84 Å². The molecule has 0 unspecified atom stereocenters. The average Bonchev–Trinajstić information content (AvgIpc) is 2.38. The molecule has 0 aromatic heterocycles.